The molecule has 0 N–H and O–H groups in total. The van der Waals surface area contributed by atoms with Gasteiger partial charge in [-0.25, -0.2) is 4.79 Å². The van der Waals surface area contributed by atoms with Crippen molar-refractivity contribution in [2.45, 2.75) is 31.4 Å². The van der Waals surface area contributed by atoms with Crippen molar-refractivity contribution in [1.29, 1.82) is 0 Å². The van der Waals surface area contributed by atoms with E-state index in [1.54, 1.807) is 18.7 Å². The van der Waals surface area contributed by atoms with Crippen molar-refractivity contribution in [1.82, 2.24) is 0 Å². The number of rotatable bonds is 7. The van der Waals surface area contributed by atoms with E-state index in [1.807, 2.05) is 47.0 Å². The predicted octanol–water partition coefficient (Wildman–Crippen LogP) is 5.82. The highest BCUT2D eigenvalue weighted by molar-refractivity contribution is 8.20. The van der Waals surface area contributed by atoms with Gasteiger partial charge < -0.3 is 4.74 Å². The molecule has 1 fully saturated rings. The van der Waals surface area contributed by atoms with Gasteiger partial charge in [0.25, 0.3) is 0 Å². The van der Waals surface area contributed by atoms with Gasteiger partial charge in [0.1, 0.15) is 6.61 Å². The van der Waals surface area contributed by atoms with E-state index in [1.165, 1.54) is 20.2 Å². The molecule has 0 amide bonds. The SMILES string of the molecule is C=C(C)C(=O)OCC1CSC(c2c(SC)cc(SC)cc2SC)S1. The third kappa shape index (κ3) is 5.10. The summed E-state index contributed by atoms with van der Waals surface area (Å²) < 4.78 is 5.74. The standard InChI is InChI=1S/C17H22O2S5/c1-10(2)16(18)19-8-12-9-23-17(24-12)15-13(21-4)6-11(20-3)7-14(15)22-5/h6-7,12,17H,1,8-9H2,2-5H3. The van der Waals surface area contributed by atoms with E-state index in [4.69, 9.17) is 4.74 Å². The molecule has 0 aliphatic carbocycles. The Balaban J connectivity index is 2.12. The molecule has 132 valence electrons. The summed E-state index contributed by atoms with van der Waals surface area (Å²) in [7, 11) is 0. The topological polar surface area (TPSA) is 26.3 Å². The highest BCUT2D eigenvalue weighted by Gasteiger charge is 2.31. The maximum atomic E-state index is 11.6. The van der Waals surface area contributed by atoms with Crippen LogP contribution in [0.25, 0.3) is 0 Å². The number of carbonyl (C=O) groups is 1. The van der Waals surface area contributed by atoms with Gasteiger partial charge in [0.15, 0.2) is 0 Å². The lowest BCUT2D eigenvalue weighted by Crippen LogP contribution is -2.16. The van der Waals surface area contributed by atoms with Crippen molar-refractivity contribution in [3.05, 3.63) is 29.8 Å². The molecule has 0 aromatic heterocycles. The minimum absolute atomic E-state index is 0.289. The third-order valence-electron chi connectivity index (χ3n) is 3.49. The normalized spacial score (nSPS) is 20.2. The molecular formula is C17H22O2S5. The van der Waals surface area contributed by atoms with Crippen LogP contribution in [-0.4, -0.2) is 42.3 Å². The molecule has 7 heteroatoms. The maximum Gasteiger partial charge on any atom is 0.333 e. The fourth-order valence-electron chi connectivity index (χ4n) is 2.24. The quantitative estimate of drug-likeness (QED) is 0.313. The molecule has 0 saturated carbocycles. The summed E-state index contributed by atoms with van der Waals surface area (Å²) in [5.41, 5.74) is 1.89. The number of benzene rings is 1. The Bertz CT molecular complexity index is 592. The zero-order valence-corrected chi connectivity index (χ0v) is 18.4. The summed E-state index contributed by atoms with van der Waals surface area (Å²) >= 11 is 9.28. The average molecular weight is 419 g/mol. The lowest BCUT2D eigenvalue weighted by Gasteiger charge is -2.19. The van der Waals surface area contributed by atoms with Crippen LogP contribution in [0.3, 0.4) is 0 Å². The van der Waals surface area contributed by atoms with E-state index >= 15 is 0 Å². The number of ether oxygens (including phenoxy) is 1. The Morgan fingerprint density at radius 2 is 1.88 bits per heavy atom. The van der Waals surface area contributed by atoms with Crippen LogP contribution in [0, 0.1) is 0 Å². The summed E-state index contributed by atoms with van der Waals surface area (Å²) in [5, 5.41) is 0.341. The zero-order chi connectivity index (χ0) is 17.7. The Labute approximate surface area is 166 Å². The molecule has 0 bridgehead atoms. The number of thioether (sulfide) groups is 5. The minimum Gasteiger partial charge on any atom is -0.461 e. The molecule has 1 aliphatic heterocycles. The lowest BCUT2D eigenvalue weighted by molar-refractivity contribution is -0.138. The van der Waals surface area contributed by atoms with Crippen LogP contribution in [0.4, 0.5) is 0 Å². The van der Waals surface area contributed by atoms with Crippen molar-refractivity contribution in [3.8, 4) is 0 Å². The second-order valence-corrected chi connectivity index (χ2v) is 10.7. The second-order valence-electron chi connectivity index (χ2n) is 5.25. The Kier molecular flexibility index (Phi) is 8.33. The van der Waals surface area contributed by atoms with Gasteiger partial charge in [-0.2, -0.15) is 0 Å². The van der Waals surface area contributed by atoms with Crippen LogP contribution in [0.15, 0.2) is 39.0 Å². The van der Waals surface area contributed by atoms with Gasteiger partial charge in [0, 0.05) is 36.8 Å². The van der Waals surface area contributed by atoms with Crippen LogP contribution in [0.2, 0.25) is 0 Å². The van der Waals surface area contributed by atoms with Crippen LogP contribution in [0.5, 0.6) is 0 Å². The van der Waals surface area contributed by atoms with Crippen LogP contribution in [-0.2, 0) is 9.53 Å². The number of hydrogen-bond acceptors (Lipinski definition) is 7. The number of esters is 1. The van der Waals surface area contributed by atoms with Crippen LogP contribution < -0.4 is 0 Å². The molecular weight excluding hydrogens is 397 g/mol. The first-order valence-electron chi connectivity index (χ1n) is 7.39. The predicted molar refractivity (Wildman–Crippen MR) is 114 cm³/mol. The van der Waals surface area contributed by atoms with Gasteiger partial charge in [-0.05, 0) is 37.8 Å². The first kappa shape index (κ1) is 20.5. The van der Waals surface area contributed by atoms with Crippen molar-refractivity contribution >= 4 is 64.8 Å². The number of hydrogen-bond donors (Lipinski definition) is 0. The molecule has 1 aliphatic rings. The van der Waals surface area contributed by atoms with Crippen LogP contribution in [0.1, 0.15) is 17.1 Å². The Hall–Kier alpha value is 0.180. The fraction of sp³-hybridized carbons (Fsp3) is 0.471. The summed E-state index contributed by atoms with van der Waals surface area (Å²) in [6.07, 6.45) is 6.40. The van der Waals surface area contributed by atoms with Crippen LogP contribution >= 0.6 is 58.8 Å². The molecule has 0 radical (unpaired) electrons. The fourth-order valence-corrected chi connectivity index (χ4v) is 7.98. The lowest BCUT2D eigenvalue weighted by atomic mass is 10.2. The molecule has 2 rings (SSSR count). The third-order valence-corrected chi connectivity index (χ3v) is 9.01. The van der Waals surface area contributed by atoms with Gasteiger partial charge in [-0.1, -0.05) is 6.58 Å². The monoisotopic (exact) mass is 418 g/mol. The van der Waals surface area contributed by atoms with E-state index in [0.717, 1.165) is 5.75 Å². The molecule has 1 aromatic carbocycles. The number of carbonyl (C=O) groups excluding carboxylic acids is 1. The van der Waals surface area contributed by atoms with Crippen molar-refractivity contribution in [2.24, 2.45) is 0 Å². The van der Waals surface area contributed by atoms with Crippen molar-refractivity contribution in [2.75, 3.05) is 31.1 Å². The second kappa shape index (κ2) is 9.76. The molecule has 24 heavy (non-hydrogen) atoms. The van der Waals surface area contributed by atoms with E-state index < -0.39 is 0 Å². The van der Waals surface area contributed by atoms with Gasteiger partial charge in [0.05, 0.1) is 4.58 Å². The largest absolute Gasteiger partial charge is 0.461 e. The maximum absolute atomic E-state index is 11.6. The molecule has 2 atom stereocenters. The zero-order valence-electron chi connectivity index (χ0n) is 14.3. The van der Waals surface area contributed by atoms with E-state index in [9.17, 15) is 4.79 Å². The smallest absolute Gasteiger partial charge is 0.333 e. The summed E-state index contributed by atoms with van der Waals surface area (Å²) in [5.74, 6) is 0.716. The minimum atomic E-state index is -0.289. The first-order valence-corrected chi connectivity index (χ1v) is 13.1. The van der Waals surface area contributed by atoms with Crippen molar-refractivity contribution < 1.29 is 9.53 Å². The van der Waals surface area contributed by atoms with Gasteiger partial charge in [0.2, 0.25) is 0 Å². The Morgan fingerprint density at radius 3 is 2.38 bits per heavy atom. The molecule has 1 heterocycles. The molecule has 2 nitrogen and oxygen atoms in total. The molecule has 1 saturated heterocycles. The molecule has 2 unspecified atom stereocenters. The van der Waals surface area contributed by atoms with E-state index in [-0.39, 0.29) is 5.97 Å². The average Bonchev–Trinajstić information content (AvgIpc) is 3.06. The van der Waals surface area contributed by atoms with Gasteiger partial charge in [-0.3, -0.25) is 0 Å². The highest BCUT2D eigenvalue weighted by atomic mass is 32.2. The van der Waals surface area contributed by atoms with Gasteiger partial charge >= 0.3 is 5.97 Å². The molecule has 1 aromatic rings. The Morgan fingerprint density at radius 1 is 1.25 bits per heavy atom. The van der Waals surface area contributed by atoms with E-state index in [2.05, 4.69) is 37.5 Å². The van der Waals surface area contributed by atoms with E-state index in [0.29, 0.717) is 22.0 Å². The highest BCUT2D eigenvalue weighted by Crippen LogP contribution is 2.54. The summed E-state index contributed by atoms with van der Waals surface area (Å²) in [4.78, 5) is 15.6. The summed E-state index contributed by atoms with van der Waals surface area (Å²) in [6.45, 7) is 5.78. The van der Waals surface area contributed by atoms with Crippen molar-refractivity contribution in [3.63, 3.8) is 0 Å². The van der Waals surface area contributed by atoms with Gasteiger partial charge in [-0.15, -0.1) is 58.8 Å². The molecule has 0 spiro atoms. The summed E-state index contributed by atoms with van der Waals surface area (Å²) in [6, 6.07) is 4.58. The first-order chi connectivity index (χ1) is 11.5.